The molecule has 0 amide bonds. The predicted octanol–water partition coefficient (Wildman–Crippen LogP) is 2.62. The summed E-state index contributed by atoms with van der Waals surface area (Å²) in [6.45, 7) is 11.3. The molecule has 2 rings (SSSR count). The normalized spacial score (nSPS) is 21.5. The number of nitrogens with zero attached hydrogens (tertiary/aromatic N) is 2. The van der Waals surface area contributed by atoms with E-state index < -0.39 is 0 Å². The van der Waals surface area contributed by atoms with Gasteiger partial charge in [-0.2, -0.15) is 0 Å². The number of hydrogen-bond donors (Lipinski definition) is 2. The molecule has 1 saturated heterocycles. The Bertz CT molecular complexity index is 371. The van der Waals surface area contributed by atoms with Crippen molar-refractivity contribution in [2.75, 3.05) is 52.5 Å². The van der Waals surface area contributed by atoms with Crippen LogP contribution in [0.25, 0.3) is 0 Å². The molecule has 2 N–H and O–H groups in total. The van der Waals surface area contributed by atoms with Crippen LogP contribution >= 0.6 is 24.0 Å². The zero-order valence-corrected chi connectivity index (χ0v) is 19.0. The van der Waals surface area contributed by atoms with E-state index in [-0.39, 0.29) is 24.0 Å². The second-order valence-corrected chi connectivity index (χ2v) is 7.13. The van der Waals surface area contributed by atoms with E-state index in [4.69, 9.17) is 14.5 Å². The average molecular weight is 482 g/mol. The van der Waals surface area contributed by atoms with Gasteiger partial charge in [-0.1, -0.05) is 25.7 Å². The van der Waals surface area contributed by atoms with Crippen molar-refractivity contribution in [3.8, 4) is 0 Å². The van der Waals surface area contributed by atoms with Gasteiger partial charge in [0.25, 0.3) is 0 Å². The maximum Gasteiger partial charge on any atom is 0.191 e. The van der Waals surface area contributed by atoms with Gasteiger partial charge in [0.1, 0.15) is 0 Å². The number of nitrogens with one attached hydrogen (secondary N) is 2. The number of guanidine groups is 1. The molecular formula is C19H39IN4O2. The van der Waals surface area contributed by atoms with Crippen LogP contribution in [0.1, 0.15) is 52.4 Å². The molecule has 2 fully saturated rings. The molecule has 0 aromatic heterocycles. The molecule has 154 valence electrons. The van der Waals surface area contributed by atoms with E-state index >= 15 is 0 Å². The average Bonchev–Trinajstić information content (AvgIpc) is 2.92. The molecule has 2 aliphatic rings. The molecule has 0 spiro atoms. The van der Waals surface area contributed by atoms with Crippen LogP contribution in [0.15, 0.2) is 4.99 Å². The highest BCUT2D eigenvalue weighted by atomic mass is 127. The Hall–Kier alpha value is -0.120. The lowest BCUT2D eigenvalue weighted by Crippen LogP contribution is -2.44. The lowest BCUT2D eigenvalue weighted by atomic mass is 10.1. The van der Waals surface area contributed by atoms with Crippen molar-refractivity contribution < 1.29 is 9.47 Å². The van der Waals surface area contributed by atoms with Gasteiger partial charge in [-0.05, 0) is 26.7 Å². The van der Waals surface area contributed by atoms with Gasteiger partial charge >= 0.3 is 0 Å². The van der Waals surface area contributed by atoms with Gasteiger partial charge in [0.15, 0.2) is 5.96 Å². The van der Waals surface area contributed by atoms with Gasteiger partial charge in [0.2, 0.25) is 0 Å². The minimum atomic E-state index is 0. The molecule has 0 aromatic rings. The summed E-state index contributed by atoms with van der Waals surface area (Å²) in [4.78, 5) is 7.19. The molecule has 1 heterocycles. The molecular weight excluding hydrogens is 443 g/mol. The van der Waals surface area contributed by atoms with Crippen LogP contribution < -0.4 is 10.6 Å². The molecule has 7 heteroatoms. The van der Waals surface area contributed by atoms with Crippen molar-refractivity contribution in [1.82, 2.24) is 15.5 Å². The van der Waals surface area contributed by atoms with Gasteiger partial charge in [-0.15, -0.1) is 24.0 Å². The first-order chi connectivity index (χ1) is 12.3. The summed E-state index contributed by atoms with van der Waals surface area (Å²) in [6.07, 6.45) is 8.30. The Labute approximate surface area is 176 Å². The molecule has 26 heavy (non-hydrogen) atoms. The molecule has 6 nitrogen and oxygen atoms in total. The van der Waals surface area contributed by atoms with Crippen molar-refractivity contribution in [2.24, 2.45) is 4.99 Å². The summed E-state index contributed by atoms with van der Waals surface area (Å²) < 4.78 is 11.5. The Morgan fingerprint density at radius 1 is 1.15 bits per heavy atom. The monoisotopic (exact) mass is 482 g/mol. The lowest BCUT2D eigenvalue weighted by Gasteiger charge is -2.31. The Morgan fingerprint density at radius 3 is 2.50 bits per heavy atom. The van der Waals surface area contributed by atoms with Crippen molar-refractivity contribution in [3.63, 3.8) is 0 Å². The fourth-order valence-corrected chi connectivity index (χ4v) is 3.50. The van der Waals surface area contributed by atoms with Gasteiger partial charge in [-0.25, -0.2) is 0 Å². The molecule has 1 aliphatic carbocycles. The fourth-order valence-electron chi connectivity index (χ4n) is 3.50. The van der Waals surface area contributed by atoms with E-state index in [9.17, 15) is 0 Å². The van der Waals surface area contributed by atoms with E-state index in [1.165, 1.54) is 38.5 Å². The highest BCUT2D eigenvalue weighted by molar-refractivity contribution is 14.0. The third-order valence-electron chi connectivity index (χ3n) is 5.08. The first kappa shape index (κ1) is 23.9. The number of morpholine rings is 1. The van der Waals surface area contributed by atoms with E-state index in [0.29, 0.717) is 12.1 Å². The summed E-state index contributed by atoms with van der Waals surface area (Å²) in [6, 6.07) is 0.446. The van der Waals surface area contributed by atoms with E-state index in [2.05, 4.69) is 29.4 Å². The molecule has 0 bridgehead atoms. The minimum Gasteiger partial charge on any atom is -0.379 e. The van der Waals surface area contributed by atoms with Crippen molar-refractivity contribution in [2.45, 2.75) is 64.5 Å². The molecule has 1 aliphatic heterocycles. The summed E-state index contributed by atoms with van der Waals surface area (Å²) >= 11 is 0. The second kappa shape index (κ2) is 14.9. The first-order valence-electron chi connectivity index (χ1n) is 10.2. The van der Waals surface area contributed by atoms with E-state index in [1.807, 2.05) is 0 Å². The molecule has 0 aromatic carbocycles. The SMILES string of the molecule is CCNC(=NCC(C)N1CCOCC1)NCCOC1CCCCCC1.I. The van der Waals surface area contributed by atoms with Crippen molar-refractivity contribution in [3.05, 3.63) is 0 Å². The summed E-state index contributed by atoms with van der Waals surface area (Å²) in [5.41, 5.74) is 0. The largest absolute Gasteiger partial charge is 0.379 e. The van der Waals surface area contributed by atoms with Gasteiger partial charge in [-0.3, -0.25) is 9.89 Å². The molecule has 1 saturated carbocycles. The van der Waals surface area contributed by atoms with Crippen LogP contribution in [0, 0.1) is 0 Å². The zero-order chi connectivity index (χ0) is 17.7. The highest BCUT2D eigenvalue weighted by Crippen LogP contribution is 2.19. The second-order valence-electron chi connectivity index (χ2n) is 7.13. The predicted molar refractivity (Wildman–Crippen MR) is 119 cm³/mol. The van der Waals surface area contributed by atoms with E-state index in [1.54, 1.807) is 0 Å². The van der Waals surface area contributed by atoms with Crippen LogP contribution in [-0.4, -0.2) is 75.5 Å². The third kappa shape index (κ3) is 9.71. The fraction of sp³-hybridized carbons (Fsp3) is 0.947. The number of hydrogen-bond acceptors (Lipinski definition) is 4. The third-order valence-corrected chi connectivity index (χ3v) is 5.08. The van der Waals surface area contributed by atoms with Gasteiger partial charge < -0.3 is 20.1 Å². The van der Waals surface area contributed by atoms with Crippen LogP contribution in [0.2, 0.25) is 0 Å². The van der Waals surface area contributed by atoms with Crippen molar-refractivity contribution in [1.29, 1.82) is 0 Å². The number of rotatable bonds is 8. The standard InChI is InChI=1S/C19H38N4O2.HI/c1-3-20-19(22-16-17(2)23-11-14-24-15-12-23)21-10-13-25-18-8-6-4-5-7-9-18;/h17-18H,3-16H2,1-2H3,(H2,20,21,22);1H. The number of ether oxygens (including phenoxy) is 2. The smallest absolute Gasteiger partial charge is 0.191 e. The quantitative estimate of drug-likeness (QED) is 0.183. The Balaban J connectivity index is 0.00000338. The summed E-state index contributed by atoms with van der Waals surface area (Å²) in [5.74, 6) is 0.895. The summed E-state index contributed by atoms with van der Waals surface area (Å²) in [7, 11) is 0. The van der Waals surface area contributed by atoms with Gasteiger partial charge in [0, 0.05) is 32.2 Å². The molecule has 1 unspecified atom stereocenters. The van der Waals surface area contributed by atoms with Gasteiger partial charge in [0.05, 0.1) is 32.5 Å². The molecule has 1 atom stereocenters. The maximum atomic E-state index is 6.04. The zero-order valence-electron chi connectivity index (χ0n) is 16.7. The van der Waals surface area contributed by atoms with Crippen LogP contribution in [-0.2, 0) is 9.47 Å². The Kier molecular flexibility index (Phi) is 13.7. The summed E-state index contributed by atoms with van der Waals surface area (Å²) in [5, 5.41) is 6.73. The number of halogens is 1. The lowest BCUT2D eigenvalue weighted by molar-refractivity contribution is 0.0220. The first-order valence-corrected chi connectivity index (χ1v) is 10.2. The number of aliphatic imine (C=N–C) groups is 1. The highest BCUT2D eigenvalue weighted by Gasteiger charge is 2.16. The maximum absolute atomic E-state index is 6.04. The van der Waals surface area contributed by atoms with Crippen molar-refractivity contribution >= 4 is 29.9 Å². The van der Waals surface area contributed by atoms with Crippen LogP contribution in [0.3, 0.4) is 0 Å². The van der Waals surface area contributed by atoms with Crippen LogP contribution in [0.4, 0.5) is 0 Å². The topological polar surface area (TPSA) is 58.1 Å². The molecule has 0 radical (unpaired) electrons. The van der Waals surface area contributed by atoms with Crippen LogP contribution in [0.5, 0.6) is 0 Å². The van der Waals surface area contributed by atoms with E-state index in [0.717, 1.165) is 58.5 Å². The Morgan fingerprint density at radius 2 is 1.85 bits per heavy atom. The minimum absolute atomic E-state index is 0.